The highest BCUT2D eigenvalue weighted by molar-refractivity contribution is 5.75. The average molecular weight is 258 g/mol. The summed E-state index contributed by atoms with van der Waals surface area (Å²) in [6, 6.07) is 6.19. The van der Waals surface area contributed by atoms with Crippen LogP contribution in [0.2, 0.25) is 0 Å². The molecule has 2 aromatic rings. The Hall–Kier alpha value is -2.10. The average Bonchev–Trinajstić information content (AvgIpc) is 2.82. The Kier molecular flexibility index (Phi) is 3.69. The van der Waals surface area contributed by atoms with E-state index >= 15 is 0 Å². The lowest BCUT2D eigenvalue weighted by atomic mass is 10.0. The van der Waals surface area contributed by atoms with Gasteiger partial charge in [-0.15, -0.1) is 0 Å². The number of aliphatic carboxylic acids is 1. The molecule has 1 heterocycles. The maximum Gasteiger partial charge on any atom is 0.314 e. The summed E-state index contributed by atoms with van der Waals surface area (Å²) >= 11 is 0. The quantitative estimate of drug-likeness (QED) is 0.884. The number of carbonyl (C=O) groups is 1. The predicted octanol–water partition coefficient (Wildman–Crippen LogP) is 3.27. The Morgan fingerprint density at radius 2 is 2.16 bits per heavy atom. The van der Waals surface area contributed by atoms with Gasteiger partial charge in [-0.2, -0.15) is 0 Å². The SMILES string of the molecule is CCC(C(=O)O)c1ncc(-c2cc(C)ccc2C)[nH]1. The highest BCUT2D eigenvalue weighted by atomic mass is 16.4. The van der Waals surface area contributed by atoms with E-state index < -0.39 is 11.9 Å². The first-order valence-electron chi connectivity index (χ1n) is 6.38. The Morgan fingerprint density at radius 3 is 2.79 bits per heavy atom. The second-order valence-electron chi connectivity index (χ2n) is 4.80. The second-order valence-corrected chi connectivity index (χ2v) is 4.80. The molecule has 100 valence electrons. The molecule has 19 heavy (non-hydrogen) atoms. The molecule has 0 radical (unpaired) electrons. The van der Waals surface area contributed by atoms with Gasteiger partial charge in [0.2, 0.25) is 0 Å². The van der Waals surface area contributed by atoms with Crippen LogP contribution in [-0.2, 0) is 4.79 Å². The minimum absolute atomic E-state index is 0.519. The largest absolute Gasteiger partial charge is 0.481 e. The number of nitrogens with zero attached hydrogens (tertiary/aromatic N) is 1. The van der Waals surface area contributed by atoms with Crippen LogP contribution in [0.1, 0.15) is 36.2 Å². The van der Waals surface area contributed by atoms with Crippen molar-refractivity contribution in [1.82, 2.24) is 9.97 Å². The monoisotopic (exact) mass is 258 g/mol. The Morgan fingerprint density at radius 1 is 1.42 bits per heavy atom. The topological polar surface area (TPSA) is 66.0 Å². The molecule has 4 heteroatoms. The first-order valence-corrected chi connectivity index (χ1v) is 6.38. The zero-order valence-corrected chi connectivity index (χ0v) is 11.4. The van der Waals surface area contributed by atoms with Gasteiger partial charge in [0.1, 0.15) is 11.7 Å². The van der Waals surface area contributed by atoms with Crippen molar-refractivity contribution in [2.45, 2.75) is 33.1 Å². The van der Waals surface area contributed by atoms with Crippen LogP contribution in [0.15, 0.2) is 24.4 Å². The Balaban J connectivity index is 2.40. The number of nitrogens with one attached hydrogen (secondary N) is 1. The molecule has 0 aliphatic heterocycles. The summed E-state index contributed by atoms with van der Waals surface area (Å²) in [4.78, 5) is 18.5. The first-order chi connectivity index (χ1) is 9.02. The fraction of sp³-hybridized carbons (Fsp3) is 0.333. The summed E-state index contributed by atoms with van der Waals surface area (Å²) in [6.07, 6.45) is 2.23. The number of carboxylic acid groups (broad SMARTS) is 1. The lowest BCUT2D eigenvalue weighted by Gasteiger charge is -2.07. The van der Waals surface area contributed by atoms with Crippen LogP contribution in [-0.4, -0.2) is 21.0 Å². The molecule has 4 nitrogen and oxygen atoms in total. The van der Waals surface area contributed by atoms with Gasteiger partial charge in [-0.25, -0.2) is 4.98 Å². The van der Waals surface area contributed by atoms with Crippen molar-refractivity contribution in [3.63, 3.8) is 0 Å². The molecule has 0 aliphatic carbocycles. The van der Waals surface area contributed by atoms with Gasteiger partial charge in [0.15, 0.2) is 0 Å². The van der Waals surface area contributed by atoms with Gasteiger partial charge in [-0.05, 0) is 31.9 Å². The van der Waals surface area contributed by atoms with Crippen LogP contribution >= 0.6 is 0 Å². The highest BCUT2D eigenvalue weighted by Crippen LogP contribution is 2.25. The molecule has 1 atom stereocenters. The van der Waals surface area contributed by atoms with E-state index in [-0.39, 0.29) is 0 Å². The molecule has 2 rings (SSSR count). The van der Waals surface area contributed by atoms with Gasteiger partial charge in [-0.3, -0.25) is 4.79 Å². The van der Waals surface area contributed by atoms with Crippen molar-refractivity contribution in [1.29, 1.82) is 0 Å². The summed E-state index contributed by atoms with van der Waals surface area (Å²) in [6.45, 7) is 5.91. The molecule has 0 aliphatic rings. The van der Waals surface area contributed by atoms with E-state index in [1.807, 2.05) is 20.8 Å². The van der Waals surface area contributed by atoms with Crippen molar-refractivity contribution < 1.29 is 9.90 Å². The van der Waals surface area contributed by atoms with Gasteiger partial charge < -0.3 is 10.1 Å². The van der Waals surface area contributed by atoms with Crippen molar-refractivity contribution >= 4 is 5.97 Å². The molecule has 2 N–H and O–H groups in total. The number of hydrogen-bond acceptors (Lipinski definition) is 2. The van der Waals surface area contributed by atoms with Gasteiger partial charge in [0.05, 0.1) is 11.9 Å². The van der Waals surface area contributed by atoms with E-state index in [1.165, 1.54) is 5.56 Å². The Labute approximate surface area is 112 Å². The van der Waals surface area contributed by atoms with Crippen LogP contribution in [0.4, 0.5) is 0 Å². The van der Waals surface area contributed by atoms with Crippen LogP contribution in [0.5, 0.6) is 0 Å². The van der Waals surface area contributed by atoms with Crippen molar-refractivity contribution in [2.75, 3.05) is 0 Å². The molecule has 0 amide bonds. The maximum absolute atomic E-state index is 11.1. The van der Waals surface area contributed by atoms with Gasteiger partial charge in [-0.1, -0.05) is 24.6 Å². The summed E-state index contributed by atoms with van der Waals surface area (Å²) in [7, 11) is 0. The van der Waals surface area contributed by atoms with Crippen LogP contribution in [0.25, 0.3) is 11.3 Å². The van der Waals surface area contributed by atoms with E-state index in [0.29, 0.717) is 12.2 Å². The van der Waals surface area contributed by atoms with Gasteiger partial charge in [0.25, 0.3) is 0 Å². The molecule has 1 aromatic heterocycles. The third-order valence-corrected chi connectivity index (χ3v) is 3.32. The molecule has 0 spiro atoms. The summed E-state index contributed by atoms with van der Waals surface area (Å²) in [5, 5.41) is 9.15. The fourth-order valence-corrected chi connectivity index (χ4v) is 2.16. The predicted molar refractivity (Wildman–Crippen MR) is 74.2 cm³/mol. The molecule has 0 saturated carbocycles. The van der Waals surface area contributed by atoms with E-state index in [9.17, 15) is 4.79 Å². The molecule has 0 bridgehead atoms. The highest BCUT2D eigenvalue weighted by Gasteiger charge is 2.21. The summed E-state index contributed by atoms with van der Waals surface area (Å²) in [5.41, 5.74) is 4.25. The van der Waals surface area contributed by atoms with Crippen LogP contribution in [0.3, 0.4) is 0 Å². The zero-order valence-electron chi connectivity index (χ0n) is 11.4. The summed E-state index contributed by atoms with van der Waals surface area (Å²) in [5.74, 6) is -0.894. The lowest BCUT2D eigenvalue weighted by Crippen LogP contribution is -2.11. The number of aromatic amines is 1. The molecule has 1 unspecified atom stereocenters. The third-order valence-electron chi connectivity index (χ3n) is 3.32. The van der Waals surface area contributed by atoms with E-state index in [2.05, 4.69) is 28.2 Å². The third kappa shape index (κ3) is 2.67. The van der Waals surface area contributed by atoms with E-state index in [0.717, 1.165) is 16.8 Å². The minimum atomic E-state index is -0.843. The molecule has 0 saturated heterocycles. The number of aryl methyl sites for hydroxylation is 2. The van der Waals surface area contributed by atoms with Crippen molar-refractivity contribution in [3.05, 3.63) is 41.3 Å². The first kappa shape index (κ1) is 13.3. The fourth-order valence-electron chi connectivity index (χ4n) is 2.16. The standard InChI is InChI=1S/C15H18N2O2/c1-4-11(15(18)19)14-16-8-13(17-14)12-7-9(2)5-6-10(12)3/h5-8,11H,4H2,1-3H3,(H,16,17)(H,18,19). The smallest absolute Gasteiger partial charge is 0.314 e. The Bertz CT molecular complexity index is 602. The number of carboxylic acids is 1. The number of H-pyrrole nitrogens is 1. The van der Waals surface area contributed by atoms with Gasteiger partial charge in [0, 0.05) is 5.56 Å². The molecule has 0 fully saturated rings. The number of rotatable bonds is 4. The second kappa shape index (κ2) is 5.26. The molecular formula is C15H18N2O2. The lowest BCUT2D eigenvalue weighted by molar-refractivity contribution is -0.139. The zero-order chi connectivity index (χ0) is 14.0. The molecule has 1 aromatic carbocycles. The minimum Gasteiger partial charge on any atom is -0.481 e. The maximum atomic E-state index is 11.1. The number of imidazole rings is 1. The van der Waals surface area contributed by atoms with Gasteiger partial charge >= 0.3 is 5.97 Å². The molecular weight excluding hydrogens is 240 g/mol. The van der Waals surface area contributed by atoms with Crippen LogP contribution < -0.4 is 0 Å². The number of aromatic nitrogens is 2. The van der Waals surface area contributed by atoms with E-state index in [1.54, 1.807) is 6.20 Å². The summed E-state index contributed by atoms with van der Waals surface area (Å²) < 4.78 is 0. The van der Waals surface area contributed by atoms with Crippen molar-refractivity contribution in [2.24, 2.45) is 0 Å². The van der Waals surface area contributed by atoms with Crippen molar-refractivity contribution in [3.8, 4) is 11.3 Å². The normalized spacial score (nSPS) is 12.4. The van der Waals surface area contributed by atoms with Crippen LogP contribution in [0, 0.1) is 13.8 Å². The number of benzene rings is 1. The van der Waals surface area contributed by atoms with E-state index in [4.69, 9.17) is 5.11 Å². The number of hydrogen-bond donors (Lipinski definition) is 2.